The number of aromatic nitrogens is 1. The number of aliphatic imine (C=N–C) groups is 1. The maximum Gasteiger partial charge on any atom is 0.286 e. The number of nitrogens with zero attached hydrogens (tertiary/aromatic N) is 2. The summed E-state index contributed by atoms with van der Waals surface area (Å²) >= 11 is 1.25. The average molecular weight is 261 g/mol. The van der Waals surface area contributed by atoms with Crippen molar-refractivity contribution in [3.05, 3.63) is 27.9 Å². The first-order chi connectivity index (χ1) is 8.56. The summed E-state index contributed by atoms with van der Waals surface area (Å²) in [6.45, 7) is 4.22. The van der Waals surface area contributed by atoms with Gasteiger partial charge in [0.15, 0.2) is 5.17 Å². The van der Waals surface area contributed by atoms with Crippen molar-refractivity contribution in [1.82, 2.24) is 4.57 Å². The maximum atomic E-state index is 11.6. The summed E-state index contributed by atoms with van der Waals surface area (Å²) in [5, 5.41) is 0.335. The van der Waals surface area contributed by atoms with Gasteiger partial charge in [0.05, 0.1) is 4.91 Å². The number of nitrogens with two attached hydrogens (primary N) is 1. The highest BCUT2D eigenvalue weighted by Crippen LogP contribution is 2.39. The van der Waals surface area contributed by atoms with Crippen molar-refractivity contribution in [2.45, 2.75) is 32.7 Å². The van der Waals surface area contributed by atoms with E-state index in [1.807, 2.05) is 6.08 Å². The van der Waals surface area contributed by atoms with Crippen LogP contribution in [0.1, 0.15) is 35.8 Å². The van der Waals surface area contributed by atoms with Gasteiger partial charge in [0.25, 0.3) is 5.91 Å². The van der Waals surface area contributed by atoms with E-state index < -0.39 is 0 Å². The molecule has 3 rings (SSSR count). The van der Waals surface area contributed by atoms with E-state index in [0.29, 0.717) is 16.1 Å². The molecule has 2 N–H and O–H groups in total. The summed E-state index contributed by atoms with van der Waals surface area (Å²) < 4.78 is 2.36. The third-order valence-corrected chi connectivity index (χ3v) is 4.17. The Morgan fingerprint density at radius 2 is 2.22 bits per heavy atom. The summed E-state index contributed by atoms with van der Waals surface area (Å²) in [5.74, 6) is -0.228. The molecule has 18 heavy (non-hydrogen) atoms. The number of thioether (sulfide) groups is 1. The Kier molecular flexibility index (Phi) is 2.59. The van der Waals surface area contributed by atoms with Gasteiger partial charge in [-0.2, -0.15) is 4.99 Å². The number of carbonyl (C=O) groups is 1. The second-order valence-electron chi connectivity index (χ2n) is 4.79. The fourth-order valence-electron chi connectivity index (χ4n) is 2.41. The monoisotopic (exact) mass is 261 g/mol. The van der Waals surface area contributed by atoms with Gasteiger partial charge in [-0.15, -0.1) is 0 Å². The standard InChI is InChI=1S/C13H15N3OS/c1-7-5-9(8(2)16(7)10-3-4-10)6-11-12(17)15-13(14)18-11/h5-6,10H,3-4H2,1-2H3,(H2,14,15,17)/b11-6-. The second kappa shape index (κ2) is 4.02. The quantitative estimate of drug-likeness (QED) is 0.831. The number of carbonyl (C=O) groups excluding carboxylic acids is 1. The van der Waals surface area contributed by atoms with Crippen LogP contribution in [0, 0.1) is 13.8 Å². The largest absolute Gasteiger partial charge is 0.378 e. The van der Waals surface area contributed by atoms with Crippen molar-refractivity contribution in [3.8, 4) is 0 Å². The van der Waals surface area contributed by atoms with Crippen LogP contribution < -0.4 is 5.73 Å². The van der Waals surface area contributed by atoms with Gasteiger partial charge in [0.2, 0.25) is 0 Å². The molecule has 1 fully saturated rings. The lowest BCUT2D eigenvalue weighted by Gasteiger charge is -2.06. The highest BCUT2D eigenvalue weighted by Gasteiger charge is 2.27. The molecule has 0 spiro atoms. The van der Waals surface area contributed by atoms with Gasteiger partial charge in [0.1, 0.15) is 0 Å². The van der Waals surface area contributed by atoms with E-state index in [4.69, 9.17) is 5.73 Å². The smallest absolute Gasteiger partial charge is 0.286 e. The summed E-state index contributed by atoms with van der Waals surface area (Å²) in [6, 6.07) is 2.79. The highest BCUT2D eigenvalue weighted by atomic mass is 32.2. The molecule has 1 aromatic heterocycles. The zero-order valence-electron chi connectivity index (χ0n) is 10.4. The number of amides is 1. The van der Waals surface area contributed by atoms with Crippen LogP contribution in [0.15, 0.2) is 16.0 Å². The van der Waals surface area contributed by atoms with E-state index >= 15 is 0 Å². The van der Waals surface area contributed by atoms with Crippen molar-refractivity contribution in [1.29, 1.82) is 0 Å². The predicted molar refractivity (Wildman–Crippen MR) is 74.4 cm³/mol. The number of hydrogen-bond donors (Lipinski definition) is 1. The first kappa shape index (κ1) is 11.6. The van der Waals surface area contributed by atoms with E-state index in [1.165, 1.54) is 36.0 Å². The summed E-state index contributed by atoms with van der Waals surface area (Å²) in [7, 11) is 0. The van der Waals surface area contributed by atoms with Crippen LogP contribution >= 0.6 is 11.8 Å². The molecule has 1 saturated carbocycles. The summed E-state index contributed by atoms with van der Waals surface area (Å²) in [6.07, 6.45) is 4.42. The Labute approximate surface area is 110 Å². The minimum absolute atomic E-state index is 0.228. The van der Waals surface area contributed by atoms with Gasteiger partial charge in [-0.05, 0) is 56.2 Å². The molecule has 1 aromatic rings. The van der Waals surface area contributed by atoms with Crippen molar-refractivity contribution < 1.29 is 4.79 Å². The van der Waals surface area contributed by atoms with Crippen molar-refractivity contribution in [2.24, 2.45) is 10.7 Å². The molecule has 0 saturated heterocycles. The van der Waals surface area contributed by atoms with Gasteiger partial charge in [-0.25, -0.2) is 0 Å². The zero-order chi connectivity index (χ0) is 12.9. The molecule has 1 aliphatic heterocycles. The van der Waals surface area contributed by atoms with Crippen LogP contribution in [0.2, 0.25) is 0 Å². The molecule has 2 aliphatic rings. The van der Waals surface area contributed by atoms with Gasteiger partial charge < -0.3 is 10.3 Å². The second-order valence-corrected chi connectivity index (χ2v) is 5.86. The van der Waals surface area contributed by atoms with Crippen molar-refractivity contribution in [2.75, 3.05) is 0 Å². The number of amidine groups is 1. The number of aryl methyl sites for hydroxylation is 1. The maximum absolute atomic E-state index is 11.6. The van der Waals surface area contributed by atoms with Crippen LogP contribution in [0.4, 0.5) is 0 Å². The lowest BCUT2D eigenvalue weighted by atomic mass is 10.2. The SMILES string of the molecule is Cc1cc(/C=C2\SC(N)=NC2=O)c(C)n1C1CC1. The molecule has 0 bridgehead atoms. The predicted octanol–water partition coefficient (Wildman–Crippen LogP) is 2.37. The molecule has 0 unspecified atom stereocenters. The topological polar surface area (TPSA) is 60.4 Å². The van der Waals surface area contributed by atoms with Crippen LogP contribution in [-0.2, 0) is 4.79 Å². The third kappa shape index (κ3) is 1.88. The molecule has 0 radical (unpaired) electrons. The Balaban J connectivity index is 1.97. The molecule has 0 aromatic carbocycles. The van der Waals surface area contributed by atoms with Gasteiger partial charge >= 0.3 is 0 Å². The van der Waals surface area contributed by atoms with Gasteiger partial charge in [-0.1, -0.05) is 0 Å². The Hall–Kier alpha value is -1.49. The lowest BCUT2D eigenvalue weighted by molar-refractivity contribution is -0.113. The van der Waals surface area contributed by atoms with E-state index in [2.05, 4.69) is 29.5 Å². The molecule has 1 amide bonds. The minimum Gasteiger partial charge on any atom is -0.378 e. The van der Waals surface area contributed by atoms with Crippen LogP contribution in [-0.4, -0.2) is 15.6 Å². The fraction of sp³-hybridized carbons (Fsp3) is 0.385. The van der Waals surface area contributed by atoms with Gasteiger partial charge in [-0.3, -0.25) is 4.79 Å². The molecule has 2 heterocycles. The summed E-state index contributed by atoms with van der Waals surface area (Å²) in [5.41, 5.74) is 9.12. The number of hydrogen-bond acceptors (Lipinski definition) is 3. The van der Waals surface area contributed by atoms with Crippen LogP contribution in [0.5, 0.6) is 0 Å². The number of rotatable bonds is 2. The van der Waals surface area contributed by atoms with E-state index in [1.54, 1.807) is 0 Å². The molecule has 94 valence electrons. The molecule has 1 aliphatic carbocycles. The average Bonchev–Trinajstić information content (AvgIpc) is 3.00. The minimum atomic E-state index is -0.228. The third-order valence-electron chi connectivity index (χ3n) is 3.36. The molecule has 4 nitrogen and oxygen atoms in total. The Morgan fingerprint density at radius 1 is 1.50 bits per heavy atom. The first-order valence-corrected chi connectivity index (χ1v) is 6.84. The Bertz CT molecular complexity index is 594. The molecular weight excluding hydrogens is 246 g/mol. The molecular formula is C13H15N3OS. The first-order valence-electron chi connectivity index (χ1n) is 6.02. The van der Waals surface area contributed by atoms with Crippen molar-refractivity contribution >= 4 is 28.9 Å². The van der Waals surface area contributed by atoms with Crippen LogP contribution in [0.3, 0.4) is 0 Å². The fourth-order valence-corrected chi connectivity index (χ4v) is 3.08. The van der Waals surface area contributed by atoms with E-state index in [-0.39, 0.29) is 5.91 Å². The van der Waals surface area contributed by atoms with E-state index in [0.717, 1.165) is 5.56 Å². The van der Waals surface area contributed by atoms with Gasteiger partial charge in [0, 0.05) is 17.4 Å². The van der Waals surface area contributed by atoms with Crippen molar-refractivity contribution in [3.63, 3.8) is 0 Å². The lowest BCUT2D eigenvalue weighted by Crippen LogP contribution is -2.01. The molecule has 5 heteroatoms. The highest BCUT2D eigenvalue weighted by molar-refractivity contribution is 8.18. The zero-order valence-corrected chi connectivity index (χ0v) is 11.3. The molecule has 0 atom stereocenters. The summed E-state index contributed by atoms with van der Waals surface area (Å²) in [4.78, 5) is 15.9. The van der Waals surface area contributed by atoms with Crippen LogP contribution in [0.25, 0.3) is 6.08 Å². The Morgan fingerprint density at radius 3 is 2.78 bits per heavy atom. The normalized spacial score (nSPS) is 21.8. The van der Waals surface area contributed by atoms with E-state index in [9.17, 15) is 4.79 Å².